The molecular weight excluding hydrogens is 328 g/mol. The molecule has 0 aliphatic rings. The van der Waals surface area contributed by atoms with Gasteiger partial charge in [-0.05, 0) is 49.4 Å². The molecule has 2 aromatic rings. The van der Waals surface area contributed by atoms with Gasteiger partial charge in [0.25, 0.3) is 0 Å². The molecule has 1 N–H and O–H groups in total. The maximum atomic E-state index is 12.1. The van der Waals surface area contributed by atoms with Crippen molar-refractivity contribution in [3.8, 4) is 11.5 Å². The summed E-state index contributed by atoms with van der Waals surface area (Å²) in [5.74, 6) is 0.865. The van der Waals surface area contributed by atoms with Crippen LogP contribution in [0.3, 0.4) is 0 Å². The third-order valence-corrected chi connectivity index (χ3v) is 3.56. The highest BCUT2D eigenvalue weighted by atomic mass is 19.3. The fourth-order valence-electron chi connectivity index (χ4n) is 2.46. The standard InChI is InChI=1S/C19H23F2NO3/c1-14-4-3-5-18(10-14)24-13-16(23)12-22(2)11-15-6-8-17(9-7-15)25-19(20)21/h3-10,16,19,23H,11-13H2,1-2H3. The van der Waals surface area contributed by atoms with E-state index in [0.717, 1.165) is 16.9 Å². The summed E-state index contributed by atoms with van der Waals surface area (Å²) in [4.78, 5) is 1.94. The normalized spacial score (nSPS) is 12.4. The zero-order valence-corrected chi connectivity index (χ0v) is 14.4. The molecule has 4 nitrogen and oxygen atoms in total. The zero-order valence-electron chi connectivity index (χ0n) is 14.4. The third kappa shape index (κ3) is 7.07. The van der Waals surface area contributed by atoms with Crippen LogP contribution in [-0.4, -0.2) is 42.9 Å². The number of alkyl halides is 2. The highest BCUT2D eigenvalue weighted by molar-refractivity contribution is 5.28. The predicted octanol–water partition coefficient (Wildman–Crippen LogP) is 3.47. The Labute approximate surface area is 146 Å². The third-order valence-electron chi connectivity index (χ3n) is 3.56. The van der Waals surface area contributed by atoms with E-state index in [1.165, 1.54) is 12.1 Å². The maximum Gasteiger partial charge on any atom is 0.387 e. The first-order valence-corrected chi connectivity index (χ1v) is 8.02. The van der Waals surface area contributed by atoms with Crippen molar-refractivity contribution in [3.05, 3.63) is 59.7 Å². The molecule has 0 bridgehead atoms. The molecule has 0 radical (unpaired) electrons. The molecule has 1 atom stereocenters. The number of halogens is 2. The van der Waals surface area contributed by atoms with Crippen molar-refractivity contribution >= 4 is 0 Å². The second-order valence-electron chi connectivity index (χ2n) is 6.00. The lowest BCUT2D eigenvalue weighted by Crippen LogP contribution is -2.32. The van der Waals surface area contributed by atoms with Gasteiger partial charge in [-0.15, -0.1) is 0 Å². The van der Waals surface area contributed by atoms with Gasteiger partial charge < -0.3 is 14.6 Å². The molecule has 0 aliphatic heterocycles. The lowest BCUT2D eigenvalue weighted by atomic mass is 10.2. The predicted molar refractivity (Wildman–Crippen MR) is 92.1 cm³/mol. The summed E-state index contributed by atoms with van der Waals surface area (Å²) in [6.45, 7) is 0.373. The molecule has 2 aromatic carbocycles. The van der Waals surface area contributed by atoms with Gasteiger partial charge in [-0.25, -0.2) is 0 Å². The first-order valence-electron chi connectivity index (χ1n) is 8.02. The van der Waals surface area contributed by atoms with Crippen LogP contribution in [0, 0.1) is 6.92 Å². The van der Waals surface area contributed by atoms with E-state index in [4.69, 9.17) is 4.74 Å². The molecule has 6 heteroatoms. The fraction of sp³-hybridized carbons (Fsp3) is 0.368. The van der Waals surface area contributed by atoms with E-state index in [9.17, 15) is 13.9 Å². The van der Waals surface area contributed by atoms with Gasteiger partial charge in [-0.1, -0.05) is 24.3 Å². The largest absolute Gasteiger partial charge is 0.491 e. The number of rotatable bonds is 9. The number of hydrogen-bond acceptors (Lipinski definition) is 4. The smallest absolute Gasteiger partial charge is 0.387 e. The topological polar surface area (TPSA) is 41.9 Å². The lowest BCUT2D eigenvalue weighted by Gasteiger charge is -2.21. The van der Waals surface area contributed by atoms with Gasteiger partial charge in [-0.2, -0.15) is 8.78 Å². The molecule has 136 valence electrons. The molecule has 0 amide bonds. The highest BCUT2D eigenvalue weighted by Gasteiger charge is 2.10. The van der Waals surface area contributed by atoms with Crippen molar-refractivity contribution in [3.63, 3.8) is 0 Å². The van der Waals surface area contributed by atoms with Crippen molar-refractivity contribution in [1.29, 1.82) is 0 Å². The number of benzene rings is 2. The van der Waals surface area contributed by atoms with Gasteiger partial charge in [0, 0.05) is 13.1 Å². The average molecular weight is 351 g/mol. The van der Waals surface area contributed by atoms with Gasteiger partial charge in [0.2, 0.25) is 0 Å². The molecule has 0 saturated heterocycles. The summed E-state index contributed by atoms with van der Waals surface area (Å²) in [6, 6.07) is 14.1. The minimum absolute atomic E-state index is 0.132. The van der Waals surface area contributed by atoms with Gasteiger partial charge in [-0.3, -0.25) is 4.90 Å². The lowest BCUT2D eigenvalue weighted by molar-refractivity contribution is -0.0498. The van der Waals surface area contributed by atoms with E-state index in [-0.39, 0.29) is 12.4 Å². The number of likely N-dealkylation sites (N-methyl/N-ethyl adjacent to an activating group) is 1. The number of aryl methyl sites for hydroxylation is 1. The van der Waals surface area contributed by atoms with Gasteiger partial charge in [0.15, 0.2) is 0 Å². The van der Waals surface area contributed by atoms with E-state index >= 15 is 0 Å². The van der Waals surface area contributed by atoms with Crippen molar-refractivity contribution in [2.75, 3.05) is 20.2 Å². The van der Waals surface area contributed by atoms with Crippen molar-refractivity contribution in [2.24, 2.45) is 0 Å². The van der Waals surface area contributed by atoms with Crippen LogP contribution < -0.4 is 9.47 Å². The molecule has 0 fully saturated rings. The van der Waals surface area contributed by atoms with E-state index in [0.29, 0.717) is 13.1 Å². The number of nitrogens with zero attached hydrogens (tertiary/aromatic N) is 1. The van der Waals surface area contributed by atoms with Crippen LogP contribution in [0.4, 0.5) is 8.78 Å². The molecule has 25 heavy (non-hydrogen) atoms. The maximum absolute atomic E-state index is 12.1. The molecule has 0 aliphatic carbocycles. The Bertz CT molecular complexity index is 649. The van der Waals surface area contributed by atoms with Crippen molar-refractivity contribution in [2.45, 2.75) is 26.2 Å². The molecule has 0 spiro atoms. The number of aliphatic hydroxyl groups is 1. The summed E-state index contributed by atoms with van der Waals surface area (Å²) in [7, 11) is 1.87. The summed E-state index contributed by atoms with van der Waals surface area (Å²) >= 11 is 0. The summed E-state index contributed by atoms with van der Waals surface area (Å²) in [5.41, 5.74) is 2.04. The van der Waals surface area contributed by atoms with Gasteiger partial charge in [0.05, 0.1) is 0 Å². The minimum Gasteiger partial charge on any atom is -0.491 e. The monoisotopic (exact) mass is 351 g/mol. The number of ether oxygens (including phenoxy) is 2. The molecule has 0 heterocycles. The van der Waals surface area contributed by atoms with Crippen LogP contribution in [0.15, 0.2) is 48.5 Å². The summed E-state index contributed by atoms with van der Waals surface area (Å²) in [5, 5.41) is 10.1. The Balaban J connectivity index is 1.76. The number of hydrogen-bond donors (Lipinski definition) is 1. The molecule has 1 unspecified atom stereocenters. The van der Waals surface area contributed by atoms with Gasteiger partial charge in [0.1, 0.15) is 24.2 Å². The molecular formula is C19H23F2NO3. The van der Waals surface area contributed by atoms with Crippen LogP contribution in [0.2, 0.25) is 0 Å². The summed E-state index contributed by atoms with van der Waals surface area (Å²) < 4.78 is 34.1. The quantitative estimate of drug-likeness (QED) is 0.751. The molecule has 0 saturated carbocycles. The van der Waals surface area contributed by atoms with Crippen LogP contribution in [0.25, 0.3) is 0 Å². The molecule has 2 rings (SSSR count). The highest BCUT2D eigenvalue weighted by Crippen LogP contribution is 2.16. The van der Waals surface area contributed by atoms with Crippen LogP contribution in [0.1, 0.15) is 11.1 Å². The van der Waals surface area contributed by atoms with Gasteiger partial charge >= 0.3 is 6.61 Å². The van der Waals surface area contributed by atoms with Crippen LogP contribution >= 0.6 is 0 Å². The Kier molecular flexibility index (Phi) is 7.16. The first-order chi connectivity index (χ1) is 11.9. The second-order valence-corrected chi connectivity index (χ2v) is 6.00. The van der Waals surface area contributed by atoms with E-state index in [1.807, 2.05) is 43.1 Å². The van der Waals surface area contributed by atoms with Crippen molar-refractivity contribution < 1.29 is 23.4 Å². The van der Waals surface area contributed by atoms with Crippen LogP contribution in [0.5, 0.6) is 11.5 Å². The average Bonchev–Trinajstić information content (AvgIpc) is 2.54. The molecule has 0 aromatic heterocycles. The Morgan fingerprint density at radius 1 is 1.08 bits per heavy atom. The Morgan fingerprint density at radius 2 is 1.80 bits per heavy atom. The Morgan fingerprint density at radius 3 is 2.44 bits per heavy atom. The van der Waals surface area contributed by atoms with E-state index < -0.39 is 12.7 Å². The fourth-order valence-corrected chi connectivity index (χ4v) is 2.46. The number of aliphatic hydroxyl groups excluding tert-OH is 1. The van der Waals surface area contributed by atoms with Crippen molar-refractivity contribution in [1.82, 2.24) is 4.90 Å². The van der Waals surface area contributed by atoms with Crippen LogP contribution in [-0.2, 0) is 6.54 Å². The minimum atomic E-state index is -2.82. The summed E-state index contributed by atoms with van der Waals surface area (Å²) in [6.07, 6.45) is -0.632. The van der Waals surface area contributed by atoms with E-state index in [2.05, 4.69) is 4.74 Å². The zero-order chi connectivity index (χ0) is 18.2. The Hall–Kier alpha value is -2.18. The first kappa shape index (κ1) is 19.1. The van der Waals surface area contributed by atoms with E-state index in [1.54, 1.807) is 12.1 Å². The SMILES string of the molecule is Cc1cccc(OCC(O)CN(C)Cc2ccc(OC(F)F)cc2)c1. The second kappa shape index (κ2) is 9.34.